The lowest BCUT2D eigenvalue weighted by atomic mass is 9.95. The van der Waals surface area contributed by atoms with Gasteiger partial charge in [0.25, 0.3) is 0 Å². The highest BCUT2D eigenvalue weighted by atomic mass is 32.2. The van der Waals surface area contributed by atoms with Gasteiger partial charge in [0.1, 0.15) is 6.33 Å². The van der Waals surface area contributed by atoms with Gasteiger partial charge in [0, 0.05) is 17.5 Å². The Morgan fingerprint density at radius 3 is 3.04 bits per heavy atom. The van der Waals surface area contributed by atoms with Crippen LogP contribution in [0.15, 0.2) is 29.0 Å². The Kier molecular flexibility index (Phi) is 6.10. The van der Waals surface area contributed by atoms with E-state index in [-0.39, 0.29) is 5.91 Å². The quantitative estimate of drug-likeness (QED) is 0.780. The fraction of sp³-hybridized carbons (Fsp3) is 0.562. The summed E-state index contributed by atoms with van der Waals surface area (Å²) in [5, 5.41) is 14.2. The summed E-state index contributed by atoms with van der Waals surface area (Å²) in [7, 11) is 0. The first-order chi connectivity index (χ1) is 11.3. The molecular formula is C16H22N4OS2. The predicted molar refractivity (Wildman–Crippen MR) is 93.8 cm³/mol. The SMILES string of the molecule is O=C(CSc1nncn1CCc1cccs1)NC1CCCCC1. The zero-order chi connectivity index (χ0) is 15.9. The van der Waals surface area contributed by atoms with Crippen LogP contribution in [-0.2, 0) is 17.8 Å². The number of thiophene rings is 1. The summed E-state index contributed by atoms with van der Waals surface area (Å²) < 4.78 is 2.03. The molecular weight excluding hydrogens is 328 g/mol. The number of hydrogen-bond donors (Lipinski definition) is 1. The van der Waals surface area contributed by atoms with Crippen LogP contribution in [0.1, 0.15) is 37.0 Å². The minimum absolute atomic E-state index is 0.106. The highest BCUT2D eigenvalue weighted by Gasteiger charge is 2.16. The fourth-order valence-electron chi connectivity index (χ4n) is 2.84. The molecule has 7 heteroatoms. The summed E-state index contributed by atoms with van der Waals surface area (Å²) in [4.78, 5) is 13.4. The highest BCUT2D eigenvalue weighted by molar-refractivity contribution is 7.99. The van der Waals surface area contributed by atoms with Crippen molar-refractivity contribution < 1.29 is 4.79 Å². The molecule has 0 atom stereocenters. The van der Waals surface area contributed by atoms with Gasteiger partial charge in [-0.15, -0.1) is 21.5 Å². The van der Waals surface area contributed by atoms with Crippen molar-refractivity contribution in [1.29, 1.82) is 0 Å². The molecule has 5 nitrogen and oxygen atoms in total. The molecule has 0 saturated heterocycles. The van der Waals surface area contributed by atoms with E-state index in [0.29, 0.717) is 11.8 Å². The van der Waals surface area contributed by atoms with Crippen molar-refractivity contribution in [3.63, 3.8) is 0 Å². The van der Waals surface area contributed by atoms with E-state index in [0.717, 1.165) is 31.0 Å². The number of aromatic nitrogens is 3. The molecule has 1 N–H and O–H groups in total. The number of aryl methyl sites for hydroxylation is 2. The number of hydrogen-bond acceptors (Lipinski definition) is 5. The van der Waals surface area contributed by atoms with Gasteiger partial charge in [0.2, 0.25) is 5.91 Å². The third-order valence-corrected chi connectivity index (χ3v) is 5.98. The molecule has 2 aromatic rings. The fourth-order valence-corrected chi connectivity index (χ4v) is 4.29. The van der Waals surface area contributed by atoms with Gasteiger partial charge in [0.15, 0.2) is 5.16 Å². The summed E-state index contributed by atoms with van der Waals surface area (Å²) in [6.07, 6.45) is 8.71. The molecule has 2 aromatic heterocycles. The van der Waals surface area contributed by atoms with Gasteiger partial charge in [-0.1, -0.05) is 37.1 Å². The largest absolute Gasteiger partial charge is 0.353 e. The Morgan fingerprint density at radius 2 is 2.26 bits per heavy atom. The number of carbonyl (C=O) groups is 1. The standard InChI is InChI=1S/C16H22N4OS2/c21-15(18-13-5-2-1-3-6-13)11-23-16-19-17-12-20(16)9-8-14-7-4-10-22-14/h4,7,10,12-13H,1-3,5-6,8-9,11H2,(H,18,21). The maximum absolute atomic E-state index is 12.1. The van der Waals surface area contributed by atoms with Gasteiger partial charge in [-0.25, -0.2) is 0 Å². The monoisotopic (exact) mass is 350 g/mol. The van der Waals surface area contributed by atoms with E-state index in [1.165, 1.54) is 35.9 Å². The summed E-state index contributed by atoms with van der Waals surface area (Å²) in [6, 6.07) is 4.57. The lowest BCUT2D eigenvalue weighted by Gasteiger charge is -2.22. The maximum Gasteiger partial charge on any atom is 0.230 e. The van der Waals surface area contributed by atoms with Gasteiger partial charge < -0.3 is 9.88 Å². The van der Waals surface area contributed by atoms with Crippen molar-refractivity contribution in [1.82, 2.24) is 20.1 Å². The molecule has 3 rings (SSSR count). The third kappa shape index (κ3) is 5.07. The second kappa shape index (κ2) is 8.49. The normalized spacial score (nSPS) is 15.7. The molecule has 1 amide bonds. The molecule has 0 aromatic carbocycles. The zero-order valence-electron chi connectivity index (χ0n) is 13.1. The highest BCUT2D eigenvalue weighted by Crippen LogP contribution is 2.19. The molecule has 0 spiro atoms. The Hall–Kier alpha value is -1.34. The van der Waals surface area contributed by atoms with E-state index < -0.39 is 0 Å². The third-order valence-electron chi connectivity index (χ3n) is 4.06. The van der Waals surface area contributed by atoms with Crippen molar-refractivity contribution in [3.8, 4) is 0 Å². The number of rotatable bonds is 7. The van der Waals surface area contributed by atoms with Gasteiger partial charge >= 0.3 is 0 Å². The van der Waals surface area contributed by atoms with E-state index in [1.54, 1.807) is 17.7 Å². The van der Waals surface area contributed by atoms with E-state index >= 15 is 0 Å². The predicted octanol–water partition coefficient (Wildman–Crippen LogP) is 3.12. The van der Waals surface area contributed by atoms with Gasteiger partial charge in [-0.2, -0.15) is 0 Å². The summed E-state index contributed by atoms with van der Waals surface area (Å²) in [6.45, 7) is 0.847. The van der Waals surface area contributed by atoms with Crippen molar-refractivity contribution in [2.24, 2.45) is 0 Å². The lowest BCUT2D eigenvalue weighted by molar-refractivity contribution is -0.119. The Labute approximate surface area is 144 Å². The molecule has 1 saturated carbocycles. The minimum atomic E-state index is 0.106. The molecule has 0 aliphatic heterocycles. The maximum atomic E-state index is 12.1. The molecule has 124 valence electrons. The van der Waals surface area contributed by atoms with Gasteiger partial charge in [0.05, 0.1) is 5.75 Å². The first-order valence-electron chi connectivity index (χ1n) is 8.13. The number of nitrogens with one attached hydrogen (secondary N) is 1. The summed E-state index contributed by atoms with van der Waals surface area (Å²) in [5.74, 6) is 0.517. The Morgan fingerprint density at radius 1 is 1.39 bits per heavy atom. The Bertz CT molecular complexity index is 605. The van der Waals surface area contributed by atoms with Crippen LogP contribution in [0.3, 0.4) is 0 Å². The van der Waals surface area contributed by atoms with Crippen molar-refractivity contribution >= 4 is 29.0 Å². The molecule has 1 aliphatic rings. The van der Waals surface area contributed by atoms with Crippen LogP contribution < -0.4 is 5.32 Å². The molecule has 2 heterocycles. The van der Waals surface area contributed by atoms with E-state index in [1.807, 2.05) is 4.57 Å². The molecule has 0 bridgehead atoms. The molecule has 23 heavy (non-hydrogen) atoms. The smallest absolute Gasteiger partial charge is 0.230 e. The number of carbonyl (C=O) groups excluding carboxylic acids is 1. The van der Waals surface area contributed by atoms with Crippen LogP contribution in [0, 0.1) is 0 Å². The van der Waals surface area contributed by atoms with Gasteiger partial charge in [-0.3, -0.25) is 4.79 Å². The number of amides is 1. The zero-order valence-corrected chi connectivity index (χ0v) is 14.7. The lowest BCUT2D eigenvalue weighted by Crippen LogP contribution is -2.37. The topological polar surface area (TPSA) is 59.8 Å². The summed E-state index contributed by atoms with van der Waals surface area (Å²) >= 11 is 3.23. The molecule has 0 radical (unpaired) electrons. The first kappa shape index (κ1) is 16.5. The average molecular weight is 351 g/mol. The van der Waals surface area contributed by atoms with Crippen molar-refractivity contribution in [2.75, 3.05) is 5.75 Å². The van der Waals surface area contributed by atoms with Crippen molar-refractivity contribution in [2.45, 2.75) is 56.3 Å². The first-order valence-corrected chi connectivity index (χ1v) is 10.00. The van der Waals surface area contributed by atoms with Crippen LogP contribution in [-0.4, -0.2) is 32.5 Å². The second-order valence-corrected chi connectivity index (χ2v) is 7.80. The van der Waals surface area contributed by atoms with E-state index in [9.17, 15) is 4.79 Å². The van der Waals surface area contributed by atoms with Crippen molar-refractivity contribution in [3.05, 3.63) is 28.7 Å². The van der Waals surface area contributed by atoms with Crippen LogP contribution in [0.25, 0.3) is 0 Å². The minimum Gasteiger partial charge on any atom is -0.353 e. The van der Waals surface area contributed by atoms with Crippen LogP contribution in [0.5, 0.6) is 0 Å². The summed E-state index contributed by atoms with van der Waals surface area (Å²) in [5.41, 5.74) is 0. The van der Waals surface area contributed by atoms with E-state index in [2.05, 4.69) is 33.0 Å². The number of thioether (sulfide) groups is 1. The molecule has 1 fully saturated rings. The van der Waals surface area contributed by atoms with Gasteiger partial charge in [-0.05, 0) is 30.7 Å². The van der Waals surface area contributed by atoms with Crippen LogP contribution in [0.2, 0.25) is 0 Å². The average Bonchev–Trinajstić information content (AvgIpc) is 3.23. The Balaban J connectivity index is 1.44. The van der Waals surface area contributed by atoms with Crippen LogP contribution in [0.4, 0.5) is 0 Å². The molecule has 1 aliphatic carbocycles. The molecule has 0 unspecified atom stereocenters. The van der Waals surface area contributed by atoms with E-state index in [4.69, 9.17) is 0 Å². The number of nitrogens with zero attached hydrogens (tertiary/aromatic N) is 3. The second-order valence-electron chi connectivity index (χ2n) is 5.83. The van der Waals surface area contributed by atoms with Crippen LogP contribution >= 0.6 is 23.1 Å².